The molecule has 3 aromatic carbocycles. The van der Waals surface area contributed by atoms with Gasteiger partial charge in [0.2, 0.25) is 11.8 Å². The van der Waals surface area contributed by atoms with Crippen LogP contribution in [-0.4, -0.2) is 47.3 Å². The molecule has 0 fully saturated rings. The van der Waals surface area contributed by atoms with E-state index in [4.69, 9.17) is 10.5 Å². The lowest BCUT2D eigenvalue weighted by molar-refractivity contribution is 0.0998. The van der Waals surface area contributed by atoms with Gasteiger partial charge in [0.15, 0.2) is 0 Å². The molecule has 2 unspecified atom stereocenters. The van der Waals surface area contributed by atoms with Crippen LogP contribution in [0.2, 0.25) is 0 Å². The molecule has 10 nitrogen and oxygen atoms in total. The van der Waals surface area contributed by atoms with Crippen molar-refractivity contribution in [3.8, 4) is 40.0 Å². The van der Waals surface area contributed by atoms with Crippen LogP contribution in [0.5, 0.6) is 17.5 Å². The van der Waals surface area contributed by atoms with Crippen molar-refractivity contribution < 1.29 is 24.5 Å². The van der Waals surface area contributed by atoms with Gasteiger partial charge < -0.3 is 25.3 Å². The zero-order valence-electron chi connectivity index (χ0n) is 33.2. The first-order valence-electron chi connectivity index (χ1n) is 19.7. The standard InChI is InChI=1S/C46H46BrN5O5S/c1-6-8-20-51-39(27-14-11-25(3)12-15-27)35-34(44(51)55)38(49-42(35)53)28-17-18-31(47)32(23-28)57-24-30-22-29(16-13-26(30)4)40-36-37(45(56)52(40)33(48)10-7-2)41(50-43(36)54)46(5)19-9-21-58-46/h9,11-18,21-23,33,55-56H,6-8,10,19-20,24,48H2,1-5H3. The average Bonchev–Trinajstić information content (AvgIpc) is 4.01. The molecular weight excluding hydrogens is 815 g/mol. The van der Waals surface area contributed by atoms with Crippen molar-refractivity contribution in [1.29, 1.82) is 0 Å². The molecule has 0 bridgehead atoms. The molecule has 2 atom stereocenters. The first kappa shape index (κ1) is 39.6. The van der Waals surface area contributed by atoms with Crippen molar-refractivity contribution in [3.63, 3.8) is 0 Å². The largest absolute Gasteiger partial charge is 0.494 e. The maximum atomic E-state index is 13.8. The molecule has 8 rings (SSSR count). The highest BCUT2D eigenvalue weighted by Crippen LogP contribution is 2.49. The number of benzene rings is 3. The number of carbonyl (C=O) groups is 2. The number of amides is 2. The van der Waals surface area contributed by atoms with Crippen LogP contribution in [0.1, 0.15) is 113 Å². The van der Waals surface area contributed by atoms with Crippen molar-refractivity contribution >= 4 is 50.9 Å². The number of ether oxygens (including phenoxy) is 1. The Kier molecular flexibility index (Phi) is 10.6. The number of aliphatic imine (C=N–C) groups is 2. The van der Waals surface area contributed by atoms with Crippen LogP contribution >= 0.6 is 27.7 Å². The van der Waals surface area contributed by atoms with Gasteiger partial charge in [-0.05, 0) is 102 Å². The predicted molar refractivity (Wildman–Crippen MR) is 235 cm³/mol. The second-order valence-electron chi connectivity index (χ2n) is 15.5. The molecule has 5 aromatic rings. The maximum Gasteiger partial charge on any atom is 0.280 e. The van der Waals surface area contributed by atoms with Crippen molar-refractivity contribution in [3.05, 3.63) is 121 Å². The molecule has 2 amide bonds. The fourth-order valence-electron chi connectivity index (χ4n) is 8.21. The number of carbonyl (C=O) groups excluding carboxylic acids is 2. The number of aryl methyl sites for hydroxylation is 2. The quantitative estimate of drug-likeness (QED) is 0.107. The first-order valence-corrected chi connectivity index (χ1v) is 21.4. The summed E-state index contributed by atoms with van der Waals surface area (Å²) in [5, 5.41) is 25.6. The Labute approximate surface area is 350 Å². The number of aromatic hydroxyl groups is 2. The van der Waals surface area contributed by atoms with Crippen molar-refractivity contribution in [2.24, 2.45) is 15.7 Å². The highest BCUT2D eigenvalue weighted by atomic mass is 79.9. The van der Waals surface area contributed by atoms with Gasteiger partial charge in [-0.25, -0.2) is 9.98 Å². The summed E-state index contributed by atoms with van der Waals surface area (Å²) in [6.45, 7) is 10.9. The van der Waals surface area contributed by atoms with Crippen molar-refractivity contribution in [2.45, 2.75) is 90.8 Å². The second-order valence-corrected chi connectivity index (χ2v) is 17.7. The monoisotopic (exact) mass is 859 g/mol. The number of aromatic nitrogens is 2. The Hall–Kier alpha value is -5.17. The lowest BCUT2D eigenvalue weighted by Gasteiger charge is -2.23. The van der Waals surface area contributed by atoms with E-state index >= 15 is 0 Å². The summed E-state index contributed by atoms with van der Waals surface area (Å²) < 4.78 is 10.3. The number of nitrogens with zero attached hydrogens (tertiary/aromatic N) is 4. The van der Waals surface area contributed by atoms with Gasteiger partial charge in [0, 0.05) is 12.1 Å². The van der Waals surface area contributed by atoms with E-state index in [2.05, 4.69) is 38.9 Å². The van der Waals surface area contributed by atoms with Gasteiger partial charge in [-0.15, -0.1) is 11.8 Å². The van der Waals surface area contributed by atoms with Crippen LogP contribution in [0, 0.1) is 13.8 Å². The summed E-state index contributed by atoms with van der Waals surface area (Å²) in [5.41, 5.74) is 15.7. The van der Waals surface area contributed by atoms with E-state index in [1.807, 2.05) is 98.3 Å². The van der Waals surface area contributed by atoms with E-state index < -0.39 is 16.8 Å². The maximum absolute atomic E-state index is 13.8. The molecule has 0 saturated heterocycles. The van der Waals surface area contributed by atoms with Gasteiger partial charge >= 0.3 is 0 Å². The van der Waals surface area contributed by atoms with Gasteiger partial charge in [0.1, 0.15) is 12.4 Å². The number of hydrogen-bond acceptors (Lipinski definition) is 7. The van der Waals surface area contributed by atoms with Crippen LogP contribution in [0.25, 0.3) is 22.5 Å². The lowest BCUT2D eigenvalue weighted by atomic mass is 9.93. The zero-order valence-corrected chi connectivity index (χ0v) is 35.6. The summed E-state index contributed by atoms with van der Waals surface area (Å²) in [6.07, 6.45) is 5.33. The number of allylic oxidation sites excluding steroid dienone is 1. The molecule has 298 valence electrons. The summed E-state index contributed by atoms with van der Waals surface area (Å²) in [5.74, 6) is -0.289. The Morgan fingerprint density at radius 2 is 1.59 bits per heavy atom. The Balaban J connectivity index is 1.14. The molecule has 0 radical (unpaired) electrons. The van der Waals surface area contributed by atoms with Gasteiger partial charge in [0.25, 0.3) is 11.8 Å². The molecule has 0 spiro atoms. The summed E-state index contributed by atoms with van der Waals surface area (Å²) >= 11 is 5.25. The van der Waals surface area contributed by atoms with Crippen LogP contribution in [-0.2, 0) is 13.2 Å². The SMILES string of the molecule is CCCCn1c(O)c2c(c1-c1ccc(C)cc1)C(=O)N=C2c1ccc(Br)c(OCc2cc(-c3c4c(c(O)n3C(N)CCC)C(C3(C)CC=CS3)=NC4=O)ccc2C)c1. The lowest BCUT2D eigenvalue weighted by Crippen LogP contribution is -2.29. The number of thioether (sulfide) groups is 1. The summed E-state index contributed by atoms with van der Waals surface area (Å²) in [6, 6.07) is 19.4. The van der Waals surface area contributed by atoms with Gasteiger partial charge in [-0.1, -0.05) is 80.8 Å². The first-order chi connectivity index (χ1) is 27.9. The second kappa shape index (κ2) is 15.5. The number of halogens is 1. The van der Waals surface area contributed by atoms with Gasteiger partial charge in [-0.3, -0.25) is 14.2 Å². The van der Waals surface area contributed by atoms with E-state index in [9.17, 15) is 19.8 Å². The number of fused-ring (bicyclic) bond motifs is 2. The smallest absolute Gasteiger partial charge is 0.280 e. The van der Waals surface area contributed by atoms with E-state index in [1.165, 1.54) is 0 Å². The third kappa shape index (κ3) is 6.64. The topological polar surface area (TPSA) is 144 Å². The number of unbranched alkanes of at least 4 members (excludes halogenated alkanes) is 1. The number of hydrogen-bond donors (Lipinski definition) is 3. The minimum absolute atomic E-state index is 0.0196. The highest BCUT2D eigenvalue weighted by Gasteiger charge is 2.45. The fourth-order valence-corrected chi connectivity index (χ4v) is 9.51. The molecular formula is C46H46BrN5O5S. The molecule has 0 aliphatic carbocycles. The third-order valence-corrected chi connectivity index (χ3v) is 13.2. The number of nitrogens with two attached hydrogens (primary N) is 1. The van der Waals surface area contributed by atoms with Crippen molar-refractivity contribution in [1.82, 2.24) is 9.13 Å². The summed E-state index contributed by atoms with van der Waals surface area (Å²) in [7, 11) is 0. The molecule has 4 N–H and O–H groups in total. The molecule has 0 saturated carbocycles. The Morgan fingerprint density at radius 3 is 2.29 bits per heavy atom. The third-order valence-electron chi connectivity index (χ3n) is 11.4. The van der Waals surface area contributed by atoms with Gasteiger partial charge in [0.05, 0.1) is 60.5 Å². The molecule has 58 heavy (non-hydrogen) atoms. The van der Waals surface area contributed by atoms with E-state index in [-0.39, 0.29) is 24.3 Å². The van der Waals surface area contributed by atoms with Crippen molar-refractivity contribution in [2.75, 3.05) is 0 Å². The minimum atomic E-state index is -0.566. The molecule has 12 heteroatoms. The van der Waals surface area contributed by atoms with Gasteiger partial charge in [-0.2, -0.15) is 0 Å². The van der Waals surface area contributed by atoms with E-state index in [1.54, 1.807) is 16.3 Å². The highest BCUT2D eigenvalue weighted by molar-refractivity contribution is 9.10. The van der Waals surface area contributed by atoms with Crippen LogP contribution in [0.15, 0.2) is 86.6 Å². The minimum Gasteiger partial charge on any atom is -0.494 e. The molecule has 3 aliphatic rings. The number of rotatable bonds is 13. The van der Waals surface area contributed by atoms with Crippen LogP contribution in [0.4, 0.5) is 0 Å². The molecule has 5 heterocycles. The van der Waals surface area contributed by atoms with Crippen LogP contribution in [0.3, 0.4) is 0 Å². The normalized spacial score (nSPS) is 17.5. The fraction of sp³-hybridized carbons (Fsp3) is 0.304. The predicted octanol–water partition coefficient (Wildman–Crippen LogP) is 10.4. The Morgan fingerprint density at radius 1 is 0.879 bits per heavy atom. The zero-order chi connectivity index (χ0) is 41.0. The average molecular weight is 861 g/mol. The summed E-state index contributed by atoms with van der Waals surface area (Å²) in [4.78, 5) is 36.5. The molecule has 3 aliphatic heterocycles. The van der Waals surface area contributed by atoms with Crippen LogP contribution < -0.4 is 10.5 Å². The van der Waals surface area contributed by atoms with E-state index in [0.717, 1.165) is 41.5 Å². The van der Waals surface area contributed by atoms with E-state index in [0.29, 0.717) is 85.8 Å². The molecule has 2 aromatic heterocycles. The Bertz CT molecular complexity index is 2590.